The van der Waals surface area contributed by atoms with Gasteiger partial charge >= 0.3 is 0 Å². The fourth-order valence-corrected chi connectivity index (χ4v) is 12.7. The van der Waals surface area contributed by atoms with Gasteiger partial charge in [-0.3, -0.25) is 5.32 Å². The Morgan fingerprint density at radius 2 is 1.67 bits per heavy atom. The number of fused-ring (bicyclic) bond motifs is 7. The summed E-state index contributed by atoms with van der Waals surface area (Å²) in [6.45, 7) is 2.36. The number of nitrogens with zero attached hydrogens (tertiary/aromatic N) is 1. The quantitative estimate of drug-likeness (QED) is 0.198. The van der Waals surface area contributed by atoms with E-state index >= 15 is 0 Å². The van der Waals surface area contributed by atoms with Crippen molar-refractivity contribution in [3.8, 4) is 22.3 Å². The lowest BCUT2D eigenvalue weighted by Gasteiger charge is -2.38. The topological polar surface area (TPSA) is 28.4 Å². The lowest BCUT2D eigenvalue weighted by molar-refractivity contribution is 0.244. The second-order valence-corrected chi connectivity index (χ2v) is 18.4. The summed E-state index contributed by atoms with van der Waals surface area (Å²) in [5, 5.41) is 5.37. The number of rotatable bonds is 6. The smallest absolute Gasteiger partial charge is 0.135 e. The Balaban J connectivity index is 1.13. The van der Waals surface area contributed by atoms with Crippen LogP contribution in [0.2, 0.25) is 0 Å². The molecule has 8 aliphatic rings. The first-order chi connectivity index (χ1) is 28.7. The van der Waals surface area contributed by atoms with Gasteiger partial charge in [-0.1, -0.05) is 110 Å². The third kappa shape index (κ3) is 5.41. The molecule has 292 valence electrons. The third-order valence-electron chi connectivity index (χ3n) is 15.2. The second kappa shape index (κ2) is 14.2. The number of hydrogen-bond donors (Lipinski definition) is 1. The average Bonchev–Trinajstić information content (AvgIpc) is 3.97. The van der Waals surface area contributed by atoms with Gasteiger partial charge in [0.25, 0.3) is 0 Å². The standard InChI is InChI=1S/C55H56N2O/c1-2-48-56-44-24-10-11-25-45(44)57(48)39-30-27-37(28-31-39)50-51(35-15-5-3-6-16-35)54-42-22-13-19-34-20-14-23-43(49(34)42)55(54)52(36-17-7-4-8-18-36)53(50)38-29-32-41-40-21-9-12-26-46(40)58-47(41)33-38/h3,5-7,11,13-17,20,22-23,25,29-30,32-34,36-37,44-45,48,56H,2,4,8-10,12,18-19,21,24,26-28,31H2,1H3. The summed E-state index contributed by atoms with van der Waals surface area (Å²) in [5.41, 5.74) is 20.4. The zero-order valence-corrected chi connectivity index (χ0v) is 34.1. The molecule has 2 heterocycles. The number of furan rings is 1. The molecular weight excluding hydrogens is 705 g/mol. The fraction of sp³-hybridized carbons (Fsp3) is 0.382. The molecule has 6 unspecified atom stereocenters. The molecule has 6 atom stereocenters. The summed E-state index contributed by atoms with van der Waals surface area (Å²) in [5.74, 6) is 2.41. The normalized spacial score (nSPS) is 28.1. The zero-order valence-electron chi connectivity index (χ0n) is 34.1. The van der Waals surface area contributed by atoms with Crippen molar-refractivity contribution in [2.45, 2.75) is 127 Å². The SMILES string of the molecule is CCC1NC2CCC=CC2N1C1=CCC(c2c(-c3ccccc3)c3c(c(C4C=CCCC4)c2-c2ccc4c5c(oc4c2)CCCC5)C2=CC=CC4CC=CC3=C24)CC1. The highest BCUT2D eigenvalue weighted by Gasteiger charge is 2.43. The van der Waals surface area contributed by atoms with Crippen molar-refractivity contribution in [1.29, 1.82) is 0 Å². The summed E-state index contributed by atoms with van der Waals surface area (Å²) >= 11 is 0. The highest BCUT2D eigenvalue weighted by molar-refractivity contribution is 6.12. The maximum absolute atomic E-state index is 6.83. The molecule has 1 N–H and O–H groups in total. The zero-order chi connectivity index (χ0) is 38.3. The Bertz CT molecular complexity index is 2550. The van der Waals surface area contributed by atoms with Gasteiger partial charge in [-0.25, -0.2) is 0 Å². The Morgan fingerprint density at radius 1 is 0.759 bits per heavy atom. The Labute approximate surface area is 344 Å². The van der Waals surface area contributed by atoms with Crippen molar-refractivity contribution in [3.05, 3.63) is 154 Å². The van der Waals surface area contributed by atoms with E-state index in [1.165, 1.54) is 106 Å². The number of allylic oxidation sites excluding steroid dienone is 13. The molecular formula is C55H56N2O. The molecule has 7 aliphatic carbocycles. The predicted octanol–water partition coefficient (Wildman–Crippen LogP) is 13.6. The number of benzene rings is 3. The van der Waals surface area contributed by atoms with Crippen LogP contribution in [0.3, 0.4) is 0 Å². The molecule has 4 aromatic rings. The second-order valence-electron chi connectivity index (χ2n) is 18.4. The van der Waals surface area contributed by atoms with Crippen LogP contribution in [0.5, 0.6) is 0 Å². The minimum atomic E-state index is 0.364. The molecule has 58 heavy (non-hydrogen) atoms. The Morgan fingerprint density at radius 3 is 2.53 bits per heavy atom. The number of hydrogen-bond acceptors (Lipinski definition) is 3. The molecule has 1 saturated heterocycles. The fourth-order valence-electron chi connectivity index (χ4n) is 12.7. The minimum Gasteiger partial charge on any atom is -0.461 e. The van der Waals surface area contributed by atoms with Gasteiger partial charge in [0, 0.05) is 40.9 Å². The van der Waals surface area contributed by atoms with E-state index in [0.717, 1.165) is 50.5 Å². The van der Waals surface area contributed by atoms with E-state index in [9.17, 15) is 0 Å². The van der Waals surface area contributed by atoms with Crippen LogP contribution in [0.1, 0.15) is 129 Å². The molecule has 0 saturated carbocycles. The number of aryl methyl sites for hydroxylation is 2. The molecule has 0 bridgehead atoms. The molecule has 0 radical (unpaired) electrons. The lowest BCUT2D eigenvalue weighted by atomic mass is 9.70. The van der Waals surface area contributed by atoms with Gasteiger partial charge in [0.05, 0.1) is 12.2 Å². The molecule has 0 spiro atoms. The van der Waals surface area contributed by atoms with Crippen molar-refractivity contribution in [2.24, 2.45) is 5.92 Å². The molecule has 3 heteroatoms. The molecule has 1 aliphatic heterocycles. The molecule has 1 fully saturated rings. The van der Waals surface area contributed by atoms with E-state index in [1.807, 2.05) is 0 Å². The van der Waals surface area contributed by atoms with E-state index in [1.54, 1.807) is 22.4 Å². The highest BCUT2D eigenvalue weighted by Crippen LogP contribution is 2.60. The van der Waals surface area contributed by atoms with Crippen LogP contribution in [0.4, 0.5) is 0 Å². The lowest BCUT2D eigenvalue weighted by Crippen LogP contribution is -2.38. The minimum absolute atomic E-state index is 0.364. The maximum Gasteiger partial charge on any atom is 0.135 e. The van der Waals surface area contributed by atoms with Gasteiger partial charge in [0.15, 0.2) is 0 Å². The summed E-state index contributed by atoms with van der Waals surface area (Å²) in [4.78, 5) is 2.78. The average molecular weight is 761 g/mol. The van der Waals surface area contributed by atoms with E-state index < -0.39 is 0 Å². The monoisotopic (exact) mass is 760 g/mol. The van der Waals surface area contributed by atoms with Gasteiger partial charge < -0.3 is 9.32 Å². The highest BCUT2D eigenvalue weighted by atomic mass is 16.3. The third-order valence-corrected chi connectivity index (χ3v) is 15.2. The van der Waals surface area contributed by atoms with Crippen LogP contribution in [0.15, 0.2) is 125 Å². The van der Waals surface area contributed by atoms with Crippen LogP contribution in [0.25, 0.3) is 44.4 Å². The van der Waals surface area contributed by atoms with Gasteiger partial charge in [-0.05, 0) is 157 Å². The van der Waals surface area contributed by atoms with Crippen LogP contribution in [-0.2, 0) is 12.8 Å². The first kappa shape index (κ1) is 35.1. The summed E-state index contributed by atoms with van der Waals surface area (Å²) in [6, 6.07) is 19.9. The van der Waals surface area contributed by atoms with Crippen LogP contribution in [0, 0.1) is 5.92 Å². The Hall–Kier alpha value is -4.86. The van der Waals surface area contributed by atoms with E-state index in [4.69, 9.17) is 4.42 Å². The molecule has 1 aromatic heterocycles. The van der Waals surface area contributed by atoms with E-state index in [0.29, 0.717) is 36.0 Å². The van der Waals surface area contributed by atoms with Crippen molar-refractivity contribution >= 4 is 22.1 Å². The van der Waals surface area contributed by atoms with E-state index in [2.05, 4.69) is 126 Å². The van der Waals surface area contributed by atoms with Crippen molar-refractivity contribution in [3.63, 3.8) is 0 Å². The Kier molecular flexibility index (Phi) is 8.57. The molecule has 0 amide bonds. The van der Waals surface area contributed by atoms with Crippen LogP contribution in [-0.4, -0.2) is 23.1 Å². The summed E-state index contributed by atoms with van der Waals surface area (Å²) in [7, 11) is 0. The molecule has 12 rings (SSSR count). The first-order valence-corrected chi connectivity index (χ1v) is 23.0. The van der Waals surface area contributed by atoms with Crippen LogP contribution >= 0.6 is 0 Å². The molecule has 3 nitrogen and oxygen atoms in total. The largest absolute Gasteiger partial charge is 0.461 e. The van der Waals surface area contributed by atoms with Gasteiger partial charge in [-0.15, -0.1) is 0 Å². The molecule has 3 aromatic carbocycles. The van der Waals surface area contributed by atoms with Crippen molar-refractivity contribution < 1.29 is 4.42 Å². The van der Waals surface area contributed by atoms with Crippen molar-refractivity contribution in [2.75, 3.05) is 0 Å². The van der Waals surface area contributed by atoms with Crippen LogP contribution < -0.4 is 5.32 Å². The number of nitrogens with one attached hydrogen (secondary N) is 1. The van der Waals surface area contributed by atoms with Gasteiger partial charge in [0.1, 0.15) is 11.3 Å². The summed E-state index contributed by atoms with van der Waals surface area (Å²) < 4.78 is 6.83. The predicted molar refractivity (Wildman–Crippen MR) is 240 cm³/mol. The van der Waals surface area contributed by atoms with Crippen molar-refractivity contribution in [1.82, 2.24) is 10.2 Å². The first-order valence-electron chi connectivity index (χ1n) is 23.0. The maximum atomic E-state index is 6.83. The van der Waals surface area contributed by atoms with Gasteiger partial charge in [-0.2, -0.15) is 0 Å². The van der Waals surface area contributed by atoms with Gasteiger partial charge in [0.2, 0.25) is 0 Å². The summed E-state index contributed by atoms with van der Waals surface area (Å²) in [6.07, 6.45) is 41.6. The van der Waals surface area contributed by atoms with E-state index in [-0.39, 0.29) is 0 Å².